The van der Waals surface area contributed by atoms with Crippen LogP contribution in [0.25, 0.3) is 0 Å². The van der Waals surface area contributed by atoms with E-state index in [4.69, 9.17) is 25.8 Å². The lowest BCUT2D eigenvalue weighted by molar-refractivity contribution is 0.0472. The Balaban J connectivity index is 1.68. The van der Waals surface area contributed by atoms with Gasteiger partial charge in [-0.05, 0) is 42.0 Å². The Bertz CT molecular complexity index is 804. The maximum Gasteiger partial charge on any atom is 0.338 e. The molecule has 0 bridgehead atoms. The Hall–Kier alpha value is -2.05. The summed E-state index contributed by atoms with van der Waals surface area (Å²) in [5.74, 6) is 0.625. The molecule has 7 heteroatoms. The molecule has 0 radical (unpaired) electrons. The van der Waals surface area contributed by atoms with Crippen LogP contribution in [-0.4, -0.2) is 29.6 Å². The third kappa shape index (κ3) is 4.32. The maximum atomic E-state index is 12.1. The first-order chi connectivity index (χ1) is 12.0. The lowest BCUT2D eigenvalue weighted by Crippen LogP contribution is -2.06. The summed E-state index contributed by atoms with van der Waals surface area (Å²) in [5, 5.41) is 0.431. The van der Waals surface area contributed by atoms with Crippen LogP contribution in [0, 0.1) is 0 Å². The molecule has 0 saturated heterocycles. The predicted octanol–water partition coefficient (Wildman–Crippen LogP) is 3.60. The van der Waals surface area contributed by atoms with Crippen molar-refractivity contribution in [3.63, 3.8) is 0 Å². The van der Waals surface area contributed by atoms with E-state index in [1.165, 1.54) is 0 Å². The van der Waals surface area contributed by atoms with Gasteiger partial charge in [0, 0.05) is 28.4 Å². The molecule has 0 N–H and O–H groups in total. The van der Waals surface area contributed by atoms with Gasteiger partial charge in [-0.25, -0.2) is 4.79 Å². The van der Waals surface area contributed by atoms with E-state index in [9.17, 15) is 9.00 Å². The third-order valence-corrected chi connectivity index (χ3v) is 4.87. The zero-order valence-electron chi connectivity index (χ0n) is 13.6. The summed E-state index contributed by atoms with van der Waals surface area (Å²) in [6, 6.07) is 9.96. The topological polar surface area (TPSA) is 61.8 Å². The van der Waals surface area contributed by atoms with E-state index < -0.39 is 16.8 Å². The molecule has 25 heavy (non-hydrogen) atoms. The minimum Gasteiger partial charge on any atom is -0.489 e. The number of hydrogen-bond donors (Lipinski definition) is 0. The molecule has 1 unspecified atom stereocenters. The molecule has 0 saturated carbocycles. The summed E-state index contributed by atoms with van der Waals surface area (Å²) < 4.78 is 27.9. The van der Waals surface area contributed by atoms with Crippen molar-refractivity contribution in [1.82, 2.24) is 0 Å². The molecular formula is C18H17ClO5S. The van der Waals surface area contributed by atoms with Gasteiger partial charge >= 0.3 is 5.97 Å². The fourth-order valence-corrected chi connectivity index (χ4v) is 3.19. The zero-order chi connectivity index (χ0) is 17.8. The Morgan fingerprint density at radius 3 is 2.64 bits per heavy atom. The van der Waals surface area contributed by atoms with Gasteiger partial charge in [-0.1, -0.05) is 11.6 Å². The third-order valence-electron chi connectivity index (χ3n) is 3.65. The van der Waals surface area contributed by atoms with E-state index in [0.29, 0.717) is 45.8 Å². The summed E-state index contributed by atoms with van der Waals surface area (Å²) in [6.45, 7) is 1.17. The van der Waals surface area contributed by atoms with E-state index in [1.807, 2.05) is 0 Å². The number of carbonyl (C=O) groups is 1. The Morgan fingerprint density at radius 1 is 1.20 bits per heavy atom. The van der Waals surface area contributed by atoms with Gasteiger partial charge < -0.3 is 14.2 Å². The van der Waals surface area contributed by atoms with E-state index in [-0.39, 0.29) is 6.61 Å². The molecule has 0 spiro atoms. The van der Waals surface area contributed by atoms with Gasteiger partial charge in [0.15, 0.2) is 11.5 Å². The normalized spacial score (nSPS) is 14.5. The predicted molar refractivity (Wildman–Crippen MR) is 95.0 cm³/mol. The molecule has 3 rings (SSSR count). The van der Waals surface area contributed by atoms with Crippen LogP contribution in [0.5, 0.6) is 11.5 Å². The number of carbonyl (C=O) groups excluding carboxylic acids is 1. The first-order valence-electron chi connectivity index (χ1n) is 7.73. The fraction of sp³-hybridized carbons (Fsp3) is 0.278. The molecule has 0 amide bonds. The second-order valence-electron chi connectivity index (χ2n) is 5.51. The molecule has 1 aliphatic heterocycles. The summed E-state index contributed by atoms with van der Waals surface area (Å²) >= 11 is 6.22. The average Bonchev–Trinajstić information content (AvgIpc) is 2.85. The fourth-order valence-electron chi connectivity index (χ4n) is 2.38. The van der Waals surface area contributed by atoms with Crippen LogP contribution in [-0.2, 0) is 22.1 Å². The summed E-state index contributed by atoms with van der Waals surface area (Å²) in [6.07, 6.45) is 2.37. The molecule has 2 aromatic rings. The Morgan fingerprint density at radius 2 is 1.92 bits per heavy atom. The Kier molecular flexibility index (Phi) is 5.60. The zero-order valence-corrected chi connectivity index (χ0v) is 15.2. The monoisotopic (exact) mass is 380 g/mol. The average molecular weight is 381 g/mol. The first-order valence-corrected chi connectivity index (χ1v) is 9.67. The van der Waals surface area contributed by atoms with Crippen molar-refractivity contribution in [3.05, 3.63) is 52.5 Å². The number of rotatable bonds is 4. The van der Waals surface area contributed by atoms with Gasteiger partial charge in [0.1, 0.15) is 6.61 Å². The van der Waals surface area contributed by atoms with E-state index in [2.05, 4.69) is 0 Å². The molecule has 1 aliphatic rings. The molecule has 0 fully saturated rings. The van der Waals surface area contributed by atoms with E-state index >= 15 is 0 Å². The quantitative estimate of drug-likeness (QED) is 0.758. The smallest absolute Gasteiger partial charge is 0.338 e. The van der Waals surface area contributed by atoms with Crippen molar-refractivity contribution < 1.29 is 23.2 Å². The maximum absolute atomic E-state index is 12.1. The Labute approximate surface area is 153 Å². The van der Waals surface area contributed by atoms with E-state index in [0.717, 1.165) is 6.42 Å². The van der Waals surface area contributed by atoms with Gasteiger partial charge in [-0.15, -0.1) is 0 Å². The van der Waals surface area contributed by atoms with Crippen LogP contribution in [0.4, 0.5) is 0 Å². The first kappa shape index (κ1) is 17.8. The molecule has 2 aromatic carbocycles. The highest BCUT2D eigenvalue weighted by Crippen LogP contribution is 2.38. The summed E-state index contributed by atoms with van der Waals surface area (Å²) in [4.78, 5) is 12.8. The molecule has 5 nitrogen and oxygen atoms in total. The highest BCUT2D eigenvalue weighted by atomic mass is 35.5. The molecular weight excluding hydrogens is 364 g/mol. The van der Waals surface area contributed by atoms with Crippen LogP contribution < -0.4 is 9.47 Å². The molecule has 132 valence electrons. The van der Waals surface area contributed by atoms with Crippen molar-refractivity contribution in [2.45, 2.75) is 17.9 Å². The van der Waals surface area contributed by atoms with Crippen molar-refractivity contribution in [2.75, 3.05) is 19.5 Å². The minimum atomic E-state index is -1.08. The number of benzene rings is 2. The number of hydrogen-bond acceptors (Lipinski definition) is 5. The van der Waals surface area contributed by atoms with Crippen LogP contribution in [0.1, 0.15) is 22.3 Å². The lowest BCUT2D eigenvalue weighted by atomic mass is 10.2. The second-order valence-corrected chi connectivity index (χ2v) is 7.30. The van der Waals surface area contributed by atoms with Crippen LogP contribution in [0.3, 0.4) is 0 Å². The standard InChI is InChI=1S/C18H17ClO5S/c1-25(21)14-5-3-13(4-6-14)18(20)24-11-12-9-15(19)17-16(10-12)22-7-2-8-23-17/h3-6,9-10H,2,7-8,11H2,1H3. The molecule has 0 aliphatic carbocycles. The van der Waals surface area contributed by atoms with Crippen molar-refractivity contribution in [3.8, 4) is 11.5 Å². The van der Waals surface area contributed by atoms with Crippen LogP contribution in [0.2, 0.25) is 5.02 Å². The summed E-state index contributed by atoms with van der Waals surface area (Å²) in [7, 11) is -1.08. The van der Waals surface area contributed by atoms with Crippen LogP contribution >= 0.6 is 11.6 Å². The van der Waals surface area contributed by atoms with Crippen LogP contribution in [0.15, 0.2) is 41.3 Å². The van der Waals surface area contributed by atoms with Gasteiger partial charge in [-0.2, -0.15) is 0 Å². The van der Waals surface area contributed by atoms with Gasteiger partial charge in [0.2, 0.25) is 0 Å². The van der Waals surface area contributed by atoms with Crippen molar-refractivity contribution >= 4 is 28.4 Å². The lowest BCUT2D eigenvalue weighted by Gasteiger charge is -2.12. The number of ether oxygens (including phenoxy) is 3. The van der Waals surface area contributed by atoms with Gasteiger partial charge in [0.05, 0.1) is 23.8 Å². The number of halogens is 1. The van der Waals surface area contributed by atoms with Crippen molar-refractivity contribution in [1.29, 1.82) is 0 Å². The van der Waals surface area contributed by atoms with Crippen molar-refractivity contribution in [2.24, 2.45) is 0 Å². The second kappa shape index (κ2) is 7.89. The molecule has 0 aromatic heterocycles. The van der Waals surface area contributed by atoms with E-state index in [1.54, 1.807) is 42.7 Å². The number of fused-ring (bicyclic) bond motifs is 1. The molecule has 1 heterocycles. The van der Waals surface area contributed by atoms with Gasteiger partial charge in [0.25, 0.3) is 0 Å². The highest BCUT2D eigenvalue weighted by Gasteiger charge is 2.16. The summed E-state index contributed by atoms with van der Waals surface area (Å²) in [5.41, 5.74) is 1.11. The van der Waals surface area contributed by atoms with Gasteiger partial charge in [-0.3, -0.25) is 4.21 Å². The SMILES string of the molecule is CS(=O)c1ccc(C(=O)OCc2cc(Cl)c3c(c2)OCCCO3)cc1. The minimum absolute atomic E-state index is 0.0661. The number of esters is 1. The largest absolute Gasteiger partial charge is 0.489 e. The molecule has 1 atom stereocenters. The highest BCUT2D eigenvalue weighted by molar-refractivity contribution is 7.84.